The number of nitrogens with one attached hydrogen (secondary N) is 3. The van der Waals surface area contributed by atoms with E-state index in [-0.39, 0.29) is 36.1 Å². The van der Waals surface area contributed by atoms with Gasteiger partial charge in [0.15, 0.2) is 0 Å². The van der Waals surface area contributed by atoms with Crippen molar-refractivity contribution < 1.29 is 14.4 Å². The summed E-state index contributed by atoms with van der Waals surface area (Å²) in [5.41, 5.74) is 0. The minimum Gasteiger partial charge on any atom is -0.351 e. The van der Waals surface area contributed by atoms with Gasteiger partial charge in [0, 0.05) is 19.0 Å². The summed E-state index contributed by atoms with van der Waals surface area (Å²) in [5, 5.41) is 12.8. The van der Waals surface area contributed by atoms with Crippen molar-refractivity contribution in [2.24, 2.45) is 0 Å². The molecule has 2 aliphatic heterocycles. The van der Waals surface area contributed by atoms with Gasteiger partial charge in [-0.3, -0.25) is 19.5 Å². The van der Waals surface area contributed by atoms with Crippen LogP contribution in [0.2, 0.25) is 0 Å². The highest BCUT2D eigenvalue weighted by atomic mass is 32.2. The topological polar surface area (TPSA) is 120 Å². The van der Waals surface area contributed by atoms with Crippen LogP contribution in [-0.4, -0.2) is 68.7 Å². The van der Waals surface area contributed by atoms with Crippen molar-refractivity contribution >= 4 is 29.5 Å². The first-order valence-electron chi connectivity index (χ1n) is 7.47. The van der Waals surface area contributed by atoms with Gasteiger partial charge in [-0.05, 0) is 6.42 Å². The Morgan fingerprint density at radius 2 is 2.30 bits per heavy atom. The number of hydrogen-bond acceptors (Lipinski definition) is 6. The number of aryl methyl sites for hydroxylation is 1. The minimum absolute atomic E-state index is 0.0381. The number of aromatic amines is 1. The average Bonchev–Trinajstić information content (AvgIpc) is 3.16. The Hall–Kier alpha value is -2.10. The van der Waals surface area contributed by atoms with Crippen molar-refractivity contribution in [2.45, 2.75) is 37.0 Å². The van der Waals surface area contributed by atoms with Crippen LogP contribution in [0.1, 0.15) is 19.2 Å². The summed E-state index contributed by atoms with van der Waals surface area (Å²) in [5.74, 6) is 0.570. The van der Waals surface area contributed by atoms with Crippen molar-refractivity contribution in [1.29, 1.82) is 0 Å². The Bertz CT molecular complexity index is 609. The molecule has 0 unspecified atom stereocenters. The SMILES string of the molecule is CCc1nc(SCC(=O)N[C@H]2C[C@H]3C(=O)NCC(=O)N3C2)n[nH]1. The zero-order valence-electron chi connectivity index (χ0n) is 12.7. The van der Waals surface area contributed by atoms with Gasteiger partial charge in [0.25, 0.3) is 0 Å². The summed E-state index contributed by atoms with van der Waals surface area (Å²) < 4.78 is 0. The lowest BCUT2D eigenvalue weighted by Gasteiger charge is -2.28. The summed E-state index contributed by atoms with van der Waals surface area (Å²) in [4.78, 5) is 41.3. The molecule has 0 radical (unpaired) electrons. The molecule has 0 aliphatic carbocycles. The predicted molar refractivity (Wildman–Crippen MR) is 81.5 cm³/mol. The van der Waals surface area contributed by atoms with E-state index < -0.39 is 6.04 Å². The van der Waals surface area contributed by atoms with Gasteiger partial charge >= 0.3 is 0 Å². The lowest BCUT2D eigenvalue weighted by atomic mass is 10.1. The largest absolute Gasteiger partial charge is 0.351 e. The summed E-state index contributed by atoms with van der Waals surface area (Å²) in [6.07, 6.45) is 1.21. The van der Waals surface area contributed by atoms with E-state index in [1.807, 2.05) is 6.92 Å². The second kappa shape index (κ2) is 6.57. The van der Waals surface area contributed by atoms with Crippen LogP contribution in [-0.2, 0) is 20.8 Å². The van der Waals surface area contributed by atoms with Crippen LogP contribution in [0.15, 0.2) is 5.16 Å². The van der Waals surface area contributed by atoms with Gasteiger partial charge in [0.05, 0.1) is 12.3 Å². The highest BCUT2D eigenvalue weighted by molar-refractivity contribution is 7.99. The number of rotatable bonds is 5. The fourth-order valence-electron chi connectivity index (χ4n) is 2.75. The number of thioether (sulfide) groups is 1. The van der Waals surface area contributed by atoms with Crippen LogP contribution < -0.4 is 10.6 Å². The highest BCUT2D eigenvalue weighted by Gasteiger charge is 2.42. The fraction of sp³-hybridized carbons (Fsp3) is 0.615. The van der Waals surface area contributed by atoms with Crippen molar-refractivity contribution in [1.82, 2.24) is 30.7 Å². The second-order valence-electron chi connectivity index (χ2n) is 5.49. The predicted octanol–water partition coefficient (Wildman–Crippen LogP) is -1.33. The third-order valence-corrected chi connectivity index (χ3v) is 4.73. The minimum atomic E-state index is -0.464. The maximum absolute atomic E-state index is 12.0. The molecule has 3 amide bonds. The molecule has 3 rings (SSSR count). The number of piperazine rings is 1. The van der Waals surface area contributed by atoms with E-state index in [2.05, 4.69) is 25.8 Å². The normalized spacial score (nSPS) is 23.6. The number of carbonyl (C=O) groups excluding carboxylic acids is 3. The molecule has 23 heavy (non-hydrogen) atoms. The first kappa shape index (κ1) is 15.8. The smallest absolute Gasteiger partial charge is 0.243 e. The van der Waals surface area contributed by atoms with Gasteiger partial charge in [-0.25, -0.2) is 4.98 Å². The molecule has 0 aromatic carbocycles. The number of aromatic nitrogens is 3. The number of H-pyrrole nitrogens is 1. The molecule has 10 heteroatoms. The van der Waals surface area contributed by atoms with Crippen LogP contribution in [0.3, 0.4) is 0 Å². The molecule has 2 saturated heterocycles. The number of nitrogens with zero attached hydrogens (tertiary/aromatic N) is 3. The number of hydrogen-bond donors (Lipinski definition) is 3. The standard InChI is InChI=1S/C13H18N6O3S/c1-2-9-16-13(18-17-9)23-6-10(20)15-7-3-8-12(22)14-4-11(21)19(8)5-7/h7-8H,2-6H2,1H3,(H,14,22)(H,15,20)(H,16,17,18)/t7-,8-/m0/s1. The Labute approximate surface area is 137 Å². The van der Waals surface area contributed by atoms with Crippen LogP contribution in [0.4, 0.5) is 0 Å². The van der Waals surface area contributed by atoms with Gasteiger partial charge in [-0.1, -0.05) is 18.7 Å². The van der Waals surface area contributed by atoms with Gasteiger partial charge < -0.3 is 15.5 Å². The molecular weight excluding hydrogens is 320 g/mol. The van der Waals surface area contributed by atoms with E-state index in [9.17, 15) is 14.4 Å². The van der Waals surface area contributed by atoms with Crippen LogP contribution >= 0.6 is 11.8 Å². The van der Waals surface area contributed by atoms with E-state index in [1.54, 1.807) is 4.90 Å². The van der Waals surface area contributed by atoms with Crippen molar-refractivity contribution in [2.75, 3.05) is 18.8 Å². The number of fused-ring (bicyclic) bond motifs is 1. The molecule has 0 saturated carbocycles. The number of amides is 3. The summed E-state index contributed by atoms with van der Waals surface area (Å²) in [7, 11) is 0. The van der Waals surface area contributed by atoms with Crippen molar-refractivity contribution in [3.05, 3.63) is 5.82 Å². The molecule has 9 nitrogen and oxygen atoms in total. The maximum Gasteiger partial charge on any atom is 0.243 e. The molecule has 124 valence electrons. The van der Waals surface area contributed by atoms with Gasteiger partial charge in [0.1, 0.15) is 11.9 Å². The molecule has 1 aromatic rings. The Kier molecular flexibility index (Phi) is 4.51. The average molecular weight is 338 g/mol. The van der Waals surface area contributed by atoms with Gasteiger partial charge in [0.2, 0.25) is 22.9 Å². The lowest BCUT2D eigenvalue weighted by molar-refractivity contribution is -0.143. The van der Waals surface area contributed by atoms with E-state index >= 15 is 0 Å². The quantitative estimate of drug-likeness (QED) is 0.573. The molecule has 2 fully saturated rings. The lowest BCUT2D eigenvalue weighted by Crippen LogP contribution is -2.55. The molecule has 1 aromatic heterocycles. The molecule has 2 aliphatic rings. The number of carbonyl (C=O) groups is 3. The Morgan fingerprint density at radius 3 is 3.00 bits per heavy atom. The van der Waals surface area contributed by atoms with E-state index in [4.69, 9.17) is 0 Å². The first-order chi connectivity index (χ1) is 11.1. The molecular formula is C13H18N6O3S. The zero-order chi connectivity index (χ0) is 16.4. The summed E-state index contributed by atoms with van der Waals surface area (Å²) >= 11 is 1.25. The molecule has 3 N–H and O–H groups in total. The van der Waals surface area contributed by atoms with Gasteiger partial charge in [-0.2, -0.15) is 0 Å². The van der Waals surface area contributed by atoms with Crippen LogP contribution in [0, 0.1) is 0 Å². The Morgan fingerprint density at radius 1 is 1.48 bits per heavy atom. The first-order valence-corrected chi connectivity index (χ1v) is 8.46. The van der Waals surface area contributed by atoms with E-state index in [0.29, 0.717) is 18.1 Å². The van der Waals surface area contributed by atoms with Crippen molar-refractivity contribution in [3.63, 3.8) is 0 Å². The van der Waals surface area contributed by atoms with Crippen LogP contribution in [0.5, 0.6) is 0 Å². The molecule has 0 spiro atoms. The molecule has 0 bridgehead atoms. The van der Waals surface area contributed by atoms with Crippen molar-refractivity contribution in [3.8, 4) is 0 Å². The second-order valence-corrected chi connectivity index (χ2v) is 6.43. The van der Waals surface area contributed by atoms with E-state index in [0.717, 1.165) is 12.2 Å². The van der Waals surface area contributed by atoms with Crippen LogP contribution in [0.25, 0.3) is 0 Å². The fourth-order valence-corrected chi connectivity index (χ4v) is 3.38. The summed E-state index contributed by atoms with van der Waals surface area (Å²) in [6, 6.07) is -0.659. The maximum atomic E-state index is 12.0. The Balaban J connectivity index is 1.49. The monoisotopic (exact) mass is 338 g/mol. The third kappa shape index (κ3) is 3.46. The zero-order valence-corrected chi connectivity index (χ0v) is 13.5. The molecule has 2 atom stereocenters. The third-order valence-electron chi connectivity index (χ3n) is 3.88. The van der Waals surface area contributed by atoms with Gasteiger partial charge in [-0.15, -0.1) is 5.10 Å². The summed E-state index contributed by atoms with van der Waals surface area (Å²) in [6.45, 7) is 2.39. The molecule has 3 heterocycles. The highest BCUT2D eigenvalue weighted by Crippen LogP contribution is 2.21. The van der Waals surface area contributed by atoms with E-state index in [1.165, 1.54) is 11.8 Å².